The maximum atomic E-state index is 14.4. The summed E-state index contributed by atoms with van der Waals surface area (Å²) < 4.78 is 19.4. The van der Waals surface area contributed by atoms with Crippen LogP contribution in [0.1, 0.15) is 42.1 Å². The van der Waals surface area contributed by atoms with Crippen molar-refractivity contribution in [3.05, 3.63) is 65.5 Å². The summed E-state index contributed by atoms with van der Waals surface area (Å²) in [4.78, 5) is 25.1. The largest absolute Gasteiger partial charge is 1.00 e. The second-order valence-corrected chi connectivity index (χ2v) is 11.8. The third-order valence-electron chi connectivity index (χ3n) is 5.38. The molecule has 7 heteroatoms. The Morgan fingerprint density at radius 3 is 2.40 bits per heavy atom. The first-order valence-corrected chi connectivity index (χ1v) is 12.7. The topological polar surface area (TPSA) is 55.4 Å². The van der Waals surface area contributed by atoms with Gasteiger partial charge in [0.2, 0.25) is 0 Å². The predicted molar refractivity (Wildman–Crippen MR) is 117 cm³/mol. The lowest BCUT2D eigenvalue weighted by Gasteiger charge is -2.30. The minimum Gasteiger partial charge on any atom is -1.00 e. The van der Waals surface area contributed by atoms with Crippen LogP contribution in [0.3, 0.4) is 0 Å². The highest BCUT2D eigenvalue weighted by molar-refractivity contribution is 7.76. The number of benzene rings is 2. The maximum Gasteiger partial charge on any atom is 0.340 e. The van der Waals surface area contributed by atoms with Gasteiger partial charge in [0.05, 0.1) is 36.3 Å². The van der Waals surface area contributed by atoms with Crippen molar-refractivity contribution in [1.82, 2.24) is 0 Å². The highest BCUT2D eigenvalue weighted by Gasteiger charge is 2.41. The highest BCUT2D eigenvalue weighted by Crippen LogP contribution is 2.64. The van der Waals surface area contributed by atoms with Crippen LogP contribution >= 0.6 is 7.26 Å². The van der Waals surface area contributed by atoms with Crippen molar-refractivity contribution in [3.8, 4) is 0 Å². The number of amides is 1. The van der Waals surface area contributed by atoms with Crippen LogP contribution in [0.25, 0.3) is 0 Å². The summed E-state index contributed by atoms with van der Waals surface area (Å²) in [7, 11) is -1.52. The molecule has 0 atom stereocenters. The maximum absolute atomic E-state index is 14.4. The van der Waals surface area contributed by atoms with Crippen LogP contribution in [0.2, 0.25) is 0 Å². The standard InChI is InChI=1S/C23H27FNO3P.BrH/c1-2-28-23(27)19-12-9-13-20(24)22(19)25-21(26)17-29(14-7-4-8-15-29)16-18-10-5-3-6-11-18;/h3,5-6,9-13H,2,4,7-8,14-17H2,1H3;1H. The van der Waals surface area contributed by atoms with Crippen molar-refractivity contribution < 1.29 is 35.7 Å². The smallest absolute Gasteiger partial charge is 0.340 e. The van der Waals surface area contributed by atoms with Gasteiger partial charge in [-0.25, -0.2) is 9.18 Å². The fourth-order valence-corrected chi connectivity index (χ4v) is 8.47. The molecule has 1 aliphatic rings. The lowest BCUT2D eigenvalue weighted by atomic mass is 10.1. The Balaban J connectivity index is 0.00000320. The van der Waals surface area contributed by atoms with E-state index in [9.17, 15) is 14.0 Å². The zero-order valence-electron chi connectivity index (χ0n) is 17.2. The lowest BCUT2D eigenvalue weighted by Crippen LogP contribution is -3.00. The van der Waals surface area contributed by atoms with E-state index in [-0.39, 0.29) is 40.7 Å². The number of anilines is 1. The number of ether oxygens (including phenoxy) is 1. The van der Waals surface area contributed by atoms with Gasteiger partial charge in [-0.3, -0.25) is 4.79 Å². The summed E-state index contributed by atoms with van der Waals surface area (Å²) >= 11 is 0. The average Bonchev–Trinajstić information content (AvgIpc) is 2.71. The SMILES string of the molecule is CCOC(=O)c1cccc(F)c1NC(=O)C[P+]1(Cc2ccccc2)CCCCC1.[Br-]. The van der Waals surface area contributed by atoms with Crippen LogP contribution < -0.4 is 22.3 Å². The molecular weight excluding hydrogens is 468 g/mol. The van der Waals surface area contributed by atoms with Crippen LogP contribution in [0.15, 0.2) is 48.5 Å². The summed E-state index contributed by atoms with van der Waals surface area (Å²) in [6.07, 6.45) is 7.00. The van der Waals surface area contributed by atoms with Crippen molar-refractivity contribution in [1.29, 1.82) is 0 Å². The number of hydrogen-bond donors (Lipinski definition) is 1. The molecule has 0 aliphatic carbocycles. The van der Waals surface area contributed by atoms with Crippen molar-refractivity contribution in [3.63, 3.8) is 0 Å². The zero-order chi connectivity index (χ0) is 20.7. The second-order valence-electron chi connectivity index (χ2n) is 7.58. The molecule has 1 saturated heterocycles. The van der Waals surface area contributed by atoms with E-state index in [2.05, 4.69) is 17.4 Å². The first-order valence-electron chi connectivity index (χ1n) is 10.2. The molecule has 0 saturated carbocycles. The number of hydrogen-bond acceptors (Lipinski definition) is 3. The molecule has 0 spiro atoms. The minimum atomic E-state index is -1.52. The summed E-state index contributed by atoms with van der Waals surface area (Å²) in [5.74, 6) is -1.47. The van der Waals surface area contributed by atoms with Gasteiger partial charge in [-0.2, -0.15) is 0 Å². The molecule has 3 rings (SSSR count). The molecule has 2 aromatic rings. The molecule has 0 aromatic heterocycles. The van der Waals surface area contributed by atoms with Crippen molar-refractivity contribution in [2.24, 2.45) is 0 Å². The molecule has 1 N–H and O–H groups in total. The Morgan fingerprint density at radius 1 is 1.03 bits per heavy atom. The van der Waals surface area contributed by atoms with Crippen molar-refractivity contribution >= 4 is 24.8 Å². The Bertz CT molecular complexity index is 857. The molecule has 1 heterocycles. The number of nitrogens with one attached hydrogen (secondary N) is 1. The van der Waals surface area contributed by atoms with Gasteiger partial charge in [-0.15, -0.1) is 0 Å². The van der Waals surface area contributed by atoms with Gasteiger partial charge in [0.1, 0.15) is 12.0 Å². The molecule has 1 aliphatic heterocycles. The number of rotatable bonds is 7. The normalized spacial score (nSPS) is 15.0. The molecule has 4 nitrogen and oxygen atoms in total. The van der Waals surface area contributed by atoms with E-state index in [0.29, 0.717) is 6.16 Å². The second kappa shape index (κ2) is 11.6. The van der Waals surface area contributed by atoms with Crippen LogP contribution in [0.5, 0.6) is 0 Å². The molecule has 162 valence electrons. The Kier molecular flexibility index (Phi) is 9.44. The van der Waals surface area contributed by atoms with Gasteiger partial charge >= 0.3 is 5.97 Å². The van der Waals surface area contributed by atoms with E-state index < -0.39 is 19.0 Å². The minimum absolute atomic E-state index is 0. The first kappa shape index (κ1) is 24.5. The molecule has 1 fully saturated rings. The fraction of sp³-hybridized carbons (Fsp3) is 0.391. The van der Waals surface area contributed by atoms with Crippen LogP contribution in [0.4, 0.5) is 10.1 Å². The molecule has 30 heavy (non-hydrogen) atoms. The quantitative estimate of drug-likeness (QED) is 0.473. The number of carbonyl (C=O) groups is 2. The highest BCUT2D eigenvalue weighted by atomic mass is 79.9. The van der Waals surface area contributed by atoms with Crippen LogP contribution in [0, 0.1) is 5.82 Å². The van der Waals surface area contributed by atoms with Gasteiger partial charge in [0.15, 0.2) is 0 Å². The molecule has 0 bridgehead atoms. The van der Waals surface area contributed by atoms with E-state index in [1.165, 1.54) is 30.2 Å². The van der Waals surface area contributed by atoms with E-state index in [1.807, 2.05) is 18.2 Å². The first-order chi connectivity index (χ1) is 14.0. The Morgan fingerprint density at radius 2 is 1.73 bits per heavy atom. The summed E-state index contributed by atoms with van der Waals surface area (Å²) in [5, 5.41) is 2.69. The van der Waals surface area contributed by atoms with Crippen molar-refractivity contribution in [2.75, 3.05) is 30.4 Å². The van der Waals surface area contributed by atoms with Gasteiger partial charge < -0.3 is 27.0 Å². The molecule has 0 radical (unpaired) electrons. The Labute approximate surface area is 188 Å². The third kappa shape index (κ3) is 6.36. The van der Waals surface area contributed by atoms with Gasteiger partial charge in [-0.05, 0) is 43.9 Å². The number of esters is 1. The van der Waals surface area contributed by atoms with E-state index >= 15 is 0 Å². The predicted octanol–water partition coefficient (Wildman–Crippen LogP) is 2.35. The van der Waals surface area contributed by atoms with Crippen LogP contribution in [-0.2, 0) is 15.7 Å². The van der Waals surface area contributed by atoms with E-state index in [4.69, 9.17) is 4.74 Å². The molecule has 1 amide bonds. The summed E-state index contributed by atoms with van der Waals surface area (Å²) in [5.41, 5.74) is 1.23. The number of halogens is 2. The third-order valence-corrected chi connectivity index (χ3v) is 9.90. The number of para-hydroxylation sites is 1. The monoisotopic (exact) mass is 495 g/mol. The molecular formula is C23H28BrFNO3P. The van der Waals surface area contributed by atoms with Gasteiger partial charge in [-0.1, -0.05) is 36.4 Å². The zero-order valence-corrected chi connectivity index (χ0v) is 19.7. The Hall–Kier alpha value is -1.78. The fourth-order valence-electron chi connectivity index (χ4n) is 4.04. The number of carbonyl (C=O) groups excluding carboxylic acids is 2. The van der Waals surface area contributed by atoms with E-state index in [1.54, 1.807) is 6.92 Å². The average molecular weight is 496 g/mol. The van der Waals surface area contributed by atoms with Gasteiger partial charge in [0.25, 0.3) is 5.91 Å². The van der Waals surface area contributed by atoms with E-state index in [0.717, 1.165) is 31.3 Å². The summed E-state index contributed by atoms with van der Waals surface area (Å²) in [6.45, 7) is 1.88. The molecule has 0 unspecified atom stereocenters. The molecule has 2 aromatic carbocycles. The summed E-state index contributed by atoms with van der Waals surface area (Å²) in [6, 6.07) is 14.5. The van der Waals surface area contributed by atoms with Crippen molar-refractivity contribution in [2.45, 2.75) is 32.3 Å². The van der Waals surface area contributed by atoms with Gasteiger partial charge in [0, 0.05) is 7.26 Å². The lowest BCUT2D eigenvalue weighted by molar-refractivity contribution is -0.114. The van der Waals surface area contributed by atoms with Crippen LogP contribution in [-0.4, -0.2) is 37.0 Å².